The van der Waals surface area contributed by atoms with Gasteiger partial charge in [-0.3, -0.25) is 15.0 Å². The number of hydrogen-bond acceptors (Lipinski definition) is 5. The molecule has 4 amide bonds. The van der Waals surface area contributed by atoms with Gasteiger partial charge in [0.1, 0.15) is 17.0 Å². The van der Waals surface area contributed by atoms with Crippen molar-refractivity contribution in [1.82, 2.24) is 15.8 Å². The van der Waals surface area contributed by atoms with Crippen LogP contribution in [0.2, 0.25) is 5.02 Å². The highest BCUT2D eigenvalue weighted by atomic mass is 35.5. The van der Waals surface area contributed by atoms with E-state index in [1.807, 2.05) is 0 Å². The number of carbonyl (C=O) groups excluding carboxylic acids is 3. The van der Waals surface area contributed by atoms with Crippen LogP contribution in [0.1, 0.15) is 12.5 Å². The number of amides is 4. The van der Waals surface area contributed by atoms with Gasteiger partial charge in [-0.05, 0) is 48.9 Å². The van der Waals surface area contributed by atoms with Crippen LogP contribution in [-0.2, 0) is 15.1 Å². The third-order valence-electron chi connectivity index (χ3n) is 4.26. The molecule has 28 heavy (non-hydrogen) atoms. The lowest BCUT2D eigenvalue weighted by Crippen LogP contribution is -2.49. The van der Waals surface area contributed by atoms with Gasteiger partial charge in [0, 0.05) is 5.02 Å². The van der Waals surface area contributed by atoms with Crippen molar-refractivity contribution in [3.05, 3.63) is 59.1 Å². The molecule has 1 aliphatic rings. The van der Waals surface area contributed by atoms with Crippen molar-refractivity contribution >= 4 is 29.4 Å². The molecule has 0 saturated carbocycles. The maximum atomic E-state index is 12.8. The summed E-state index contributed by atoms with van der Waals surface area (Å²) in [5.41, 5.74) is 1.45. The summed E-state index contributed by atoms with van der Waals surface area (Å²) in [6, 6.07) is 12.5. The number of hydrazine groups is 1. The molecule has 9 heteroatoms. The maximum Gasteiger partial charge on any atom is 0.344 e. The SMILES string of the molecule is COc1cccc([C@]2(C)NC(=O)N(NC(=O)COc3ccc(Cl)cc3)C2=O)c1. The van der Waals surface area contributed by atoms with Crippen LogP contribution in [0, 0.1) is 0 Å². The van der Waals surface area contributed by atoms with Gasteiger partial charge < -0.3 is 14.8 Å². The molecule has 146 valence electrons. The number of nitrogens with one attached hydrogen (secondary N) is 2. The summed E-state index contributed by atoms with van der Waals surface area (Å²) in [7, 11) is 1.50. The van der Waals surface area contributed by atoms with Crippen LogP contribution in [0.4, 0.5) is 4.79 Å². The highest BCUT2D eigenvalue weighted by Crippen LogP contribution is 2.30. The number of methoxy groups -OCH3 is 1. The Balaban J connectivity index is 1.67. The molecule has 2 aromatic rings. The number of hydrogen-bond donors (Lipinski definition) is 2. The first-order chi connectivity index (χ1) is 13.3. The molecule has 1 atom stereocenters. The molecule has 1 fully saturated rings. The minimum absolute atomic E-state index is 0.380. The standard InChI is InChI=1S/C19H18ClN3O5/c1-19(12-4-3-5-15(10-12)27-2)17(25)23(18(26)21-19)22-16(24)11-28-14-8-6-13(20)7-9-14/h3-10H,11H2,1-2H3,(H,21,26)(H,22,24)/t19-/m0/s1. The minimum Gasteiger partial charge on any atom is -0.497 e. The van der Waals surface area contributed by atoms with Crippen molar-refractivity contribution < 1.29 is 23.9 Å². The van der Waals surface area contributed by atoms with Gasteiger partial charge in [0.15, 0.2) is 6.61 Å². The molecular formula is C19H18ClN3O5. The van der Waals surface area contributed by atoms with Gasteiger partial charge >= 0.3 is 6.03 Å². The first-order valence-corrected chi connectivity index (χ1v) is 8.70. The molecule has 2 N–H and O–H groups in total. The second-order valence-electron chi connectivity index (χ2n) is 6.21. The lowest BCUT2D eigenvalue weighted by molar-refractivity contribution is -0.139. The summed E-state index contributed by atoms with van der Waals surface area (Å²) >= 11 is 5.78. The zero-order valence-corrected chi connectivity index (χ0v) is 15.9. The maximum absolute atomic E-state index is 12.8. The van der Waals surface area contributed by atoms with Gasteiger partial charge in [-0.15, -0.1) is 0 Å². The van der Waals surface area contributed by atoms with Crippen LogP contribution >= 0.6 is 11.6 Å². The number of nitrogens with zero attached hydrogens (tertiary/aromatic N) is 1. The van der Waals surface area contributed by atoms with Gasteiger partial charge in [-0.25, -0.2) is 4.79 Å². The zero-order chi connectivity index (χ0) is 20.3. The molecule has 1 heterocycles. The number of halogens is 1. The third kappa shape index (κ3) is 3.86. The molecule has 0 spiro atoms. The van der Waals surface area contributed by atoms with Crippen molar-refractivity contribution in [2.45, 2.75) is 12.5 Å². The first kappa shape index (κ1) is 19.5. The monoisotopic (exact) mass is 403 g/mol. The molecule has 3 rings (SSSR count). The smallest absolute Gasteiger partial charge is 0.344 e. The van der Waals surface area contributed by atoms with E-state index >= 15 is 0 Å². The van der Waals surface area contributed by atoms with Gasteiger partial charge in [0.05, 0.1) is 7.11 Å². The summed E-state index contributed by atoms with van der Waals surface area (Å²) in [6.45, 7) is 1.17. The molecule has 0 radical (unpaired) electrons. The van der Waals surface area contributed by atoms with E-state index in [1.165, 1.54) is 7.11 Å². The molecule has 2 aromatic carbocycles. The first-order valence-electron chi connectivity index (χ1n) is 8.32. The highest BCUT2D eigenvalue weighted by Gasteiger charge is 2.50. The summed E-state index contributed by atoms with van der Waals surface area (Å²) in [5, 5.41) is 3.78. The summed E-state index contributed by atoms with van der Waals surface area (Å²) in [5.74, 6) is -0.309. The Hall–Kier alpha value is -3.26. The molecule has 0 aliphatic carbocycles. The Kier molecular flexibility index (Phi) is 5.41. The summed E-state index contributed by atoms with van der Waals surface area (Å²) in [4.78, 5) is 37.2. The van der Waals surface area contributed by atoms with E-state index in [0.717, 1.165) is 0 Å². The quantitative estimate of drug-likeness (QED) is 0.721. The zero-order valence-electron chi connectivity index (χ0n) is 15.2. The summed E-state index contributed by atoms with van der Waals surface area (Å²) in [6.07, 6.45) is 0. The molecular weight excluding hydrogens is 386 g/mol. The Morgan fingerprint density at radius 3 is 2.57 bits per heavy atom. The van der Waals surface area contributed by atoms with E-state index in [4.69, 9.17) is 21.1 Å². The van der Waals surface area contributed by atoms with Gasteiger partial charge in [0.2, 0.25) is 0 Å². The molecule has 1 saturated heterocycles. The Morgan fingerprint density at radius 2 is 1.89 bits per heavy atom. The molecule has 1 aliphatic heterocycles. The largest absolute Gasteiger partial charge is 0.497 e. The molecule has 0 unspecified atom stereocenters. The van der Waals surface area contributed by atoms with Crippen LogP contribution in [0.25, 0.3) is 0 Å². The second-order valence-corrected chi connectivity index (χ2v) is 6.64. The number of urea groups is 1. The van der Waals surface area contributed by atoms with E-state index in [-0.39, 0.29) is 6.61 Å². The van der Waals surface area contributed by atoms with E-state index in [9.17, 15) is 14.4 Å². The topological polar surface area (TPSA) is 97.0 Å². The van der Waals surface area contributed by atoms with Gasteiger partial charge in [-0.2, -0.15) is 5.01 Å². The third-order valence-corrected chi connectivity index (χ3v) is 4.51. The lowest BCUT2D eigenvalue weighted by Gasteiger charge is -2.22. The Morgan fingerprint density at radius 1 is 1.18 bits per heavy atom. The summed E-state index contributed by atoms with van der Waals surface area (Å²) < 4.78 is 10.5. The van der Waals surface area contributed by atoms with Gasteiger partial charge in [0.25, 0.3) is 11.8 Å². The van der Waals surface area contributed by atoms with Crippen molar-refractivity contribution in [1.29, 1.82) is 0 Å². The van der Waals surface area contributed by atoms with Crippen molar-refractivity contribution in [2.24, 2.45) is 0 Å². The van der Waals surface area contributed by atoms with Crippen LogP contribution < -0.4 is 20.2 Å². The number of imide groups is 1. The van der Waals surface area contributed by atoms with E-state index in [2.05, 4.69) is 10.7 Å². The van der Waals surface area contributed by atoms with E-state index in [0.29, 0.717) is 27.1 Å². The second kappa shape index (κ2) is 7.77. The fourth-order valence-corrected chi connectivity index (χ4v) is 2.83. The predicted molar refractivity (Wildman–Crippen MR) is 101 cm³/mol. The van der Waals surface area contributed by atoms with Crippen molar-refractivity contribution in [2.75, 3.05) is 13.7 Å². The molecule has 0 bridgehead atoms. The average molecular weight is 404 g/mol. The Labute approximate surface area is 166 Å². The van der Waals surface area contributed by atoms with Crippen molar-refractivity contribution in [3.63, 3.8) is 0 Å². The molecule has 0 aromatic heterocycles. The number of rotatable bonds is 6. The Bertz CT molecular complexity index is 918. The van der Waals surface area contributed by atoms with Crippen LogP contribution in [0.5, 0.6) is 11.5 Å². The van der Waals surface area contributed by atoms with Crippen LogP contribution in [0.3, 0.4) is 0 Å². The minimum atomic E-state index is -1.34. The average Bonchev–Trinajstić information content (AvgIpc) is 2.91. The highest BCUT2D eigenvalue weighted by molar-refractivity contribution is 6.30. The van der Waals surface area contributed by atoms with Gasteiger partial charge in [-0.1, -0.05) is 23.7 Å². The number of ether oxygens (including phenoxy) is 2. The fraction of sp³-hybridized carbons (Fsp3) is 0.211. The van der Waals surface area contributed by atoms with E-state index < -0.39 is 23.4 Å². The van der Waals surface area contributed by atoms with Crippen LogP contribution in [0.15, 0.2) is 48.5 Å². The number of benzene rings is 2. The van der Waals surface area contributed by atoms with E-state index in [1.54, 1.807) is 55.5 Å². The molecule has 8 nitrogen and oxygen atoms in total. The fourth-order valence-electron chi connectivity index (χ4n) is 2.71. The normalized spacial score (nSPS) is 18.6. The van der Waals surface area contributed by atoms with Crippen molar-refractivity contribution in [3.8, 4) is 11.5 Å². The number of carbonyl (C=O) groups is 3. The van der Waals surface area contributed by atoms with Crippen LogP contribution in [-0.4, -0.2) is 36.6 Å². The lowest BCUT2D eigenvalue weighted by atomic mass is 9.92. The predicted octanol–water partition coefficient (Wildman–Crippen LogP) is 2.23.